The molecule has 0 saturated carbocycles. The zero-order chi connectivity index (χ0) is 8.85. The first-order valence-electron chi connectivity index (χ1n) is 2.34. The van der Waals surface area contributed by atoms with Crippen LogP contribution < -0.4 is 22.5 Å². The van der Waals surface area contributed by atoms with Crippen LogP contribution in [0.1, 0.15) is 0 Å². The highest BCUT2D eigenvalue weighted by atomic mass is 16.6. The molecule has 1 aliphatic rings. The minimum absolute atomic E-state index is 0. The van der Waals surface area contributed by atoms with E-state index >= 15 is 0 Å². The van der Waals surface area contributed by atoms with E-state index in [1.165, 1.54) is 0 Å². The van der Waals surface area contributed by atoms with Gasteiger partial charge in [0.05, 0.1) is 0 Å². The molecule has 1 heterocycles. The van der Waals surface area contributed by atoms with Crippen molar-refractivity contribution in [1.29, 1.82) is 0 Å². The van der Waals surface area contributed by atoms with Gasteiger partial charge in [-0.2, -0.15) is 0 Å². The second kappa shape index (κ2) is 8.17. The number of quaternary nitrogens is 2. The number of hydrogen-bond acceptors (Lipinski definition) is 6. The molecule has 0 aromatic rings. The SMILES string of the molecule is O=C([O-])[O-].O=C1C=CC(=O)O1.[NH4+].[NH4+]. The highest BCUT2D eigenvalue weighted by Crippen LogP contribution is 1.92. The maximum absolute atomic E-state index is 9.92. The molecule has 0 fully saturated rings. The van der Waals surface area contributed by atoms with E-state index in [2.05, 4.69) is 4.74 Å². The molecule has 0 aliphatic carbocycles. The summed E-state index contributed by atoms with van der Waals surface area (Å²) in [5.74, 6) is -1.16. The van der Waals surface area contributed by atoms with E-state index in [-0.39, 0.29) is 12.3 Å². The molecule has 0 aromatic carbocycles. The van der Waals surface area contributed by atoms with Gasteiger partial charge in [-0.15, -0.1) is 0 Å². The van der Waals surface area contributed by atoms with Crippen LogP contribution in [0.25, 0.3) is 0 Å². The number of hydrogen-bond donors (Lipinski definition) is 2. The minimum atomic E-state index is -2.33. The quantitative estimate of drug-likeness (QED) is 0.330. The first kappa shape index (κ1) is 17.2. The maximum Gasteiger partial charge on any atom is 0.338 e. The van der Waals surface area contributed by atoms with Crippen LogP contribution in [-0.2, 0) is 14.3 Å². The third-order valence-corrected chi connectivity index (χ3v) is 0.557. The van der Waals surface area contributed by atoms with Gasteiger partial charge < -0.3 is 32.0 Å². The van der Waals surface area contributed by atoms with Crippen LogP contribution in [0.4, 0.5) is 4.79 Å². The average molecular weight is 194 g/mol. The fraction of sp³-hybridized carbons (Fsp3) is 0. The summed E-state index contributed by atoms with van der Waals surface area (Å²) in [4.78, 5) is 28.2. The first-order valence-corrected chi connectivity index (χ1v) is 2.34. The van der Waals surface area contributed by atoms with E-state index in [1.54, 1.807) is 0 Å². The van der Waals surface area contributed by atoms with Gasteiger partial charge in [-0.25, -0.2) is 9.59 Å². The van der Waals surface area contributed by atoms with Gasteiger partial charge in [0.25, 0.3) is 0 Å². The van der Waals surface area contributed by atoms with Crippen molar-refractivity contribution in [3.63, 3.8) is 0 Å². The molecule has 8 N–H and O–H groups in total. The topological polar surface area (TPSA) is 180 Å². The predicted octanol–water partition coefficient (Wildman–Crippen LogP) is -2.07. The Balaban J connectivity index is -0.000000150. The Hall–Kier alpha value is -1.93. The van der Waals surface area contributed by atoms with E-state index in [9.17, 15) is 9.59 Å². The normalized spacial score (nSPS) is 11.4. The largest absolute Gasteiger partial charge is 0.652 e. The molecule has 0 amide bonds. The molecule has 0 atom stereocenters. The van der Waals surface area contributed by atoms with Gasteiger partial charge >= 0.3 is 11.9 Å². The van der Waals surface area contributed by atoms with Crippen molar-refractivity contribution in [2.24, 2.45) is 0 Å². The van der Waals surface area contributed by atoms with Crippen LogP contribution in [0, 0.1) is 0 Å². The predicted molar refractivity (Wildman–Crippen MR) is 37.6 cm³/mol. The molecule has 8 heteroatoms. The highest BCUT2D eigenvalue weighted by Gasteiger charge is 2.10. The van der Waals surface area contributed by atoms with Gasteiger partial charge in [0, 0.05) is 12.2 Å². The van der Waals surface area contributed by atoms with Gasteiger partial charge in [0.1, 0.15) is 0 Å². The molecule has 0 bridgehead atoms. The van der Waals surface area contributed by atoms with E-state index in [0.717, 1.165) is 12.2 Å². The van der Waals surface area contributed by atoms with Crippen LogP contribution in [0.15, 0.2) is 12.2 Å². The maximum atomic E-state index is 9.92. The highest BCUT2D eigenvalue weighted by molar-refractivity contribution is 6.04. The zero-order valence-electron chi connectivity index (χ0n) is 7.10. The Bertz CT molecular complexity index is 203. The van der Waals surface area contributed by atoms with Gasteiger partial charge in [-0.1, -0.05) is 0 Å². The Morgan fingerprint density at radius 2 is 1.31 bits per heavy atom. The minimum Gasteiger partial charge on any atom is -0.652 e. The molecule has 1 rings (SSSR count). The third kappa shape index (κ3) is 13.1. The van der Waals surface area contributed by atoms with Crippen molar-refractivity contribution in [3.05, 3.63) is 12.2 Å². The number of ether oxygens (including phenoxy) is 1. The fourth-order valence-electron chi connectivity index (χ4n) is 0.303. The molecule has 76 valence electrons. The van der Waals surface area contributed by atoms with Crippen LogP contribution >= 0.6 is 0 Å². The van der Waals surface area contributed by atoms with E-state index in [4.69, 9.17) is 15.0 Å². The number of carbonyl (C=O) groups is 3. The Morgan fingerprint density at radius 3 is 1.38 bits per heavy atom. The number of carbonyl (C=O) groups excluding carboxylic acids is 3. The molecule has 0 radical (unpaired) electrons. The summed E-state index contributed by atoms with van der Waals surface area (Å²) >= 11 is 0. The molecule has 13 heavy (non-hydrogen) atoms. The average Bonchev–Trinajstić information content (AvgIpc) is 2.13. The second-order valence-electron chi connectivity index (χ2n) is 1.32. The lowest BCUT2D eigenvalue weighted by molar-refractivity contribution is -0.415. The second-order valence-corrected chi connectivity index (χ2v) is 1.32. The smallest absolute Gasteiger partial charge is 0.338 e. The van der Waals surface area contributed by atoms with Crippen molar-refractivity contribution in [1.82, 2.24) is 12.3 Å². The Morgan fingerprint density at radius 1 is 1.08 bits per heavy atom. The molecular formula is C5H10N2O6. The number of rotatable bonds is 0. The number of carboxylic acid groups (broad SMARTS) is 2. The summed E-state index contributed by atoms with van der Waals surface area (Å²) in [7, 11) is 0. The first-order chi connectivity index (χ1) is 5.02. The standard InChI is InChI=1S/C4H2O3.CH2O3.2H3N/c5-3-1-2-4(6)7-3;2-1(3)4;;/h1-2H;(H2,2,3,4);2*1H3. The van der Waals surface area contributed by atoms with Crippen molar-refractivity contribution >= 4 is 18.1 Å². The van der Waals surface area contributed by atoms with Crippen molar-refractivity contribution in [2.75, 3.05) is 0 Å². The van der Waals surface area contributed by atoms with Gasteiger partial charge in [-0.05, 0) is 6.16 Å². The molecule has 0 aromatic heterocycles. The van der Waals surface area contributed by atoms with E-state index in [0.29, 0.717) is 0 Å². The van der Waals surface area contributed by atoms with E-state index < -0.39 is 18.1 Å². The molecular weight excluding hydrogens is 184 g/mol. The monoisotopic (exact) mass is 194 g/mol. The summed E-state index contributed by atoms with van der Waals surface area (Å²) in [6.45, 7) is 0. The molecule has 1 aliphatic heterocycles. The number of cyclic esters (lactones) is 2. The fourth-order valence-corrected chi connectivity index (χ4v) is 0.303. The molecule has 0 spiro atoms. The lowest BCUT2D eigenvalue weighted by Gasteiger charge is -1.96. The van der Waals surface area contributed by atoms with Crippen LogP contribution in [0.5, 0.6) is 0 Å². The summed E-state index contributed by atoms with van der Waals surface area (Å²) in [6, 6.07) is 0. The lowest BCUT2D eigenvalue weighted by Crippen LogP contribution is -2.37. The summed E-state index contributed by atoms with van der Waals surface area (Å²) in [5.41, 5.74) is 0. The lowest BCUT2D eigenvalue weighted by atomic mass is 10.6. The Kier molecular flexibility index (Phi) is 10.8. The van der Waals surface area contributed by atoms with Gasteiger partial charge in [0.15, 0.2) is 0 Å². The van der Waals surface area contributed by atoms with Crippen molar-refractivity contribution in [3.8, 4) is 0 Å². The van der Waals surface area contributed by atoms with Crippen LogP contribution in [0.2, 0.25) is 0 Å². The molecule has 0 unspecified atom stereocenters. The summed E-state index contributed by atoms with van der Waals surface area (Å²) in [5, 5.41) is 16.7. The number of esters is 2. The van der Waals surface area contributed by atoms with E-state index in [1.807, 2.05) is 0 Å². The summed E-state index contributed by atoms with van der Waals surface area (Å²) in [6.07, 6.45) is -0.162. The van der Waals surface area contributed by atoms with Gasteiger partial charge in [-0.3, -0.25) is 0 Å². The van der Waals surface area contributed by atoms with Crippen molar-refractivity contribution in [2.45, 2.75) is 0 Å². The van der Waals surface area contributed by atoms with Crippen LogP contribution in [0.3, 0.4) is 0 Å². The Labute approximate surface area is 73.0 Å². The van der Waals surface area contributed by atoms with Crippen LogP contribution in [-0.4, -0.2) is 18.1 Å². The third-order valence-electron chi connectivity index (χ3n) is 0.557. The molecule has 8 nitrogen and oxygen atoms in total. The van der Waals surface area contributed by atoms with Gasteiger partial charge in [0.2, 0.25) is 0 Å². The zero-order valence-corrected chi connectivity index (χ0v) is 7.10. The summed E-state index contributed by atoms with van der Waals surface area (Å²) < 4.78 is 3.97. The van der Waals surface area contributed by atoms with Crippen molar-refractivity contribution < 1.29 is 29.3 Å². The molecule has 0 saturated heterocycles.